The van der Waals surface area contributed by atoms with Crippen LogP contribution in [0.4, 0.5) is 4.39 Å². The molecule has 0 amide bonds. The van der Waals surface area contributed by atoms with Crippen LogP contribution >= 0.6 is 0 Å². The van der Waals surface area contributed by atoms with Gasteiger partial charge in [-0.3, -0.25) is 4.79 Å². The van der Waals surface area contributed by atoms with Gasteiger partial charge in [0.05, 0.1) is 12.7 Å². The number of rotatable bonds is 2. The van der Waals surface area contributed by atoms with Crippen molar-refractivity contribution in [1.29, 1.82) is 0 Å². The van der Waals surface area contributed by atoms with E-state index < -0.39 is 5.82 Å². The number of Topliss-reactive ketones (excluding diaryl/α,β-unsaturated/α-hetero) is 1. The lowest BCUT2D eigenvalue weighted by Crippen LogP contribution is -2.01. The molecule has 1 rings (SSSR count). The highest BCUT2D eigenvalue weighted by Gasteiger charge is 2.14. The Morgan fingerprint density at radius 2 is 2.08 bits per heavy atom. The van der Waals surface area contributed by atoms with Gasteiger partial charge in [-0.05, 0) is 25.5 Å². The second kappa shape index (κ2) is 3.56. The Bertz CT molecular complexity index is 345. The van der Waals surface area contributed by atoms with Crippen LogP contribution in [0.15, 0.2) is 12.1 Å². The Balaban J connectivity index is 3.38. The zero-order chi connectivity index (χ0) is 10.0. The molecule has 0 N–H and O–H groups in total. The third kappa shape index (κ3) is 1.69. The van der Waals surface area contributed by atoms with Gasteiger partial charge in [0, 0.05) is 0 Å². The zero-order valence-electron chi connectivity index (χ0n) is 7.85. The minimum Gasteiger partial charge on any atom is -0.493 e. The average Bonchev–Trinajstić information content (AvgIpc) is 2.09. The molecule has 1 aromatic rings. The number of ether oxygens (including phenoxy) is 1. The van der Waals surface area contributed by atoms with Gasteiger partial charge >= 0.3 is 0 Å². The molecule has 13 heavy (non-hydrogen) atoms. The number of ketones is 1. The third-order valence-corrected chi connectivity index (χ3v) is 1.87. The number of hydrogen-bond donors (Lipinski definition) is 0. The largest absolute Gasteiger partial charge is 0.493 e. The first-order chi connectivity index (χ1) is 6.07. The lowest BCUT2D eigenvalue weighted by atomic mass is 10.1. The Morgan fingerprint density at radius 3 is 2.54 bits per heavy atom. The summed E-state index contributed by atoms with van der Waals surface area (Å²) >= 11 is 0. The maximum absolute atomic E-state index is 13.3. The van der Waals surface area contributed by atoms with E-state index in [1.54, 1.807) is 19.1 Å². The number of aryl methyl sites for hydroxylation is 1. The van der Waals surface area contributed by atoms with Gasteiger partial charge in [0.15, 0.2) is 17.3 Å². The van der Waals surface area contributed by atoms with E-state index in [1.807, 2.05) is 0 Å². The molecule has 2 nitrogen and oxygen atoms in total. The van der Waals surface area contributed by atoms with Crippen molar-refractivity contribution in [3.63, 3.8) is 0 Å². The number of carbonyl (C=O) groups excluding carboxylic acids is 1. The summed E-state index contributed by atoms with van der Waals surface area (Å²) in [6.07, 6.45) is 0. The average molecular weight is 182 g/mol. The Labute approximate surface area is 76.3 Å². The lowest BCUT2D eigenvalue weighted by Gasteiger charge is -2.08. The standard InChI is InChI=1S/C10H11FO2/c1-6-4-5-8(7(2)12)10(13-3)9(6)11/h4-5H,1-3H3. The topological polar surface area (TPSA) is 26.3 Å². The van der Waals surface area contributed by atoms with Crippen LogP contribution in [0.5, 0.6) is 5.75 Å². The van der Waals surface area contributed by atoms with E-state index in [-0.39, 0.29) is 17.1 Å². The molecule has 0 bridgehead atoms. The molecule has 0 aromatic heterocycles. The predicted octanol–water partition coefficient (Wildman–Crippen LogP) is 2.35. The zero-order valence-corrected chi connectivity index (χ0v) is 7.85. The highest BCUT2D eigenvalue weighted by Crippen LogP contribution is 2.25. The van der Waals surface area contributed by atoms with Gasteiger partial charge < -0.3 is 4.74 Å². The van der Waals surface area contributed by atoms with Crippen molar-refractivity contribution in [3.05, 3.63) is 29.1 Å². The van der Waals surface area contributed by atoms with Crippen LogP contribution in [-0.4, -0.2) is 12.9 Å². The van der Waals surface area contributed by atoms with Crippen molar-refractivity contribution in [1.82, 2.24) is 0 Å². The van der Waals surface area contributed by atoms with Gasteiger partial charge in [0.2, 0.25) is 0 Å². The summed E-state index contributed by atoms with van der Waals surface area (Å²) in [4.78, 5) is 11.0. The molecule has 0 saturated heterocycles. The van der Waals surface area contributed by atoms with Crippen LogP contribution in [0.2, 0.25) is 0 Å². The molecule has 0 unspecified atom stereocenters. The van der Waals surface area contributed by atoms with Crippen LogP contribution in [0, 0.1) is 12.7 Å². The van der Waals surface area contributed by atoms with Gasteiger partial charge in [-0.15, -0.1) is 0 Å². The van der Waals surface area contributed by atoms with E-state index in [0.717, 1.165) is 0 Å². The summed E-state index contributed by atoms with van der Waals surface area (Å²) in [6.45, 7) is 3.01. The van der Waals surface area contributed by atoms with E-state index in [9.17, 15) is 9.18 Å². The molecule has 0 aliphatic rings. The molecule has 0 radical (unpaired) electrons. The summed E-state index contributed by atoms with van der Waals surface area (Å²) < 4.78 is 18.2. The van der Waals surface area contributed by atoms with Crippen molar-refractivity contribution in [3.8, 4) is 5.75 Å². The van der Waals surface area contributed by atoms with Crippen molar-refractivity contribution in [2.75, 3.05) is 7.11 Å². The molecule has 3 heteroatoms. The molecule has 0 aliphatic heterocycles. The van der Waals surface area contributed by atoms with Gasteiger partial charge in [0.1, 0.15) is 0 Å². The third-order valence-electron chi connectivity index (χ3n) is 1.87. The number of methoxy groups -OCH3 is 1. The molecular formula is C10H11FO2. The molecule has 0 spiro atoms. The normalized spacial score (nSPS) is 9.85. The van der Waals surface area contributed by atoms with E-state index in [0.29, 0.717) is 5.56 Å². The van der Waals surface area contributed by atoms with Crippen molar-refractivity contribution < 1.29 is 13.9 Å². The van der Waals surface area contributed by atoms with Gasteiger partial charge in [-0.25, -0.2) is 4.39 Å². The molecule has 0 aliphatic carbocycles. The molecule has 0 atom stereocenters. The van der Waals surface area contributed by atoms with Crippen LogP contribution in [0.25, 0.3) is 0 Å². The smallest absolute Gasteiger partial charge is 0.168 e. The van der Waals surface area contributed by atoms with Gasteiger partial charge in [0.25, 0.3) is 0 Å². The van der Waals surface area contributed by atoms with E-state index in [2.05, 4.69) is 0 Å². The molecule has 0 saturated carbocycles. The Hall–Kier alpha value is -1.38. The first-order valence-corrected chi connectivity index (χ1v) is 3.92. The minimum atomic E-state index is -0.463. The van der Waals surface area contributed by atoms with Crippen molar-refractivity contribution in [2.45, 2.75) is 13.8 Å². The Kier molecular flexibility index (Phi) is 2.66. The highest BCUT2D eigenvalue weighted by atomic mass is 19.1. The molecule has 0 heterocycles. The lowest BCUT2D eigenvalue weighted by molar-refractivity contribution is 0.101. The Morgan fingerprint density at radius 1 is 1.46 bits per heavy atom. The number of carbonyl (C=O) groups is 1. The van der Waals surface area contributed by atoms with Crippen LogP contribution in [0.3, 0.4) is 0 Å². The molecule has 1 aromatic carbocycles. The maximum atomic E-state index is 13.3. The van der Waals surface area contributed by atoms with E-state index in [4.69, 9.17) is 4.74 Å². The summed E-state index contributed by atoms with van der Waals surface area (Å²) in [5, 5.41) is 0. The van der Waals surface area contributed by atoms with Gasteiger partial charge in [-0.2, -0.15) is 0 Å². The fourth-order valence-electron chi connectivity index (χ4n) is 1.13. The number of hydrogen-bond acceptors (Lipinski definition) is 2. The van der Waals surface area contributed by atoms with Crippen molar-refractivity contribution in [2.24, 2.45) is 0 Å². The van der Waals surface area contributed by atoms with Crippen LogP contribution < -0.4 is 4.74 Å². The summed E-state index contributed by atoms with van der Waals surface area (Å²) in [5.74, 6) is -0.626. The van der Waals surface area contributed by atoms with Crippen LogP contribution in [0.1, 0.15) is 22.8 Å². The molecular weight excluding hydrogens is 171 g/mol. The second-order valence-electron chi connectivity index (χ2n) is 2.83. The highest BCUT2D eigenvalue weighted by molar-refractivity contribution is 5.96. The molecule has 70 valence electrons. The molecule has 0 fully saturated rings. The minimum absolute atomic E-state index is 0.0347. The summed E-state index contributed by atoms with van der Waals surface area (Å²) in [6, 6.07) is 3.13. The summed E-state index contributed by atoms with van der Waals surface area (Å²) in [7, 11) is 1.35. The number of benzene rings is 1. The monoisotopic (exact) mass is 182 g/mol. The summed E-state index contributed by atoms with van der Waals surface area (Å²) in [5.41, 5.74) is 0.757. The maximum Gasteiger partial charge on any atom is 0.168 e. The second-order valence-corrected chi connectivity index (χ2v) is 2.83. The first-order valence-electron chi connectivity index (χ1n) is 3.92. The van der Waals surface area contributed by atoms with E-state index in [1.165, 1.54) is 14.0 Å². The quantitative estimate of drug-likeness (QED) is 0.656. The fraction of sp³-hybridized carbons (Fsp3) is 0.300. The van der Waals surface area contributed by atoms with Crippen molar-refractivity contribution >= 4 is 5.78 Å². The fourth-order valence-corrected chi connectivity index (χ4v) is 1.13. The number of halogens is 1. The predicted molar refractivity (Wildman–Crippen MR) is 47.7 cm³/mol. The van der Waals surface area contributed by atoms with Crippen LogP contribution in [-0.2, 0) is 0 Å². The van der Waals surface area contributed by atoms with Gasteiger partial charge in [-0.1, -0.05) is 6.07 Å². The first kappa shape index (κ1) is 9.71. The van der Waals surface area contributed by atoms with E-state index >= 15 is 0 Å². The SMILES string of the molecule is COc1c(C(C)=O)ccc(C)c1F.